The fourth-order valence-electron chi connectivity index (χ4n) is 2.86. The minimum atomic E-state index is -0.308. The number of hydrogen-bond acceptors (Lipinski definition) is 3. The van der Waals surface area contributed by atoms with E-state index in [1.54, 1.807) is 12.1 Å². The van der Waals surface area contributed by atoms with Crippen LogP contribution in [-0.2, 0) is 0 Å². The van der Waals surface area contributed by atoms with Gasteiger partial charge in [0.2, 0.25) is 0 Å². The standard InChI is InChI=1S/C20H16FN3/c1-12-4-3-5-15(10-12)18-13(2)19(24-20(23)17(18)11-22)14-6-8-16(21)9-7-14/h3-10H,1-2H3,(H2,23,24). The van der Waals surface area contributed by atoms with Crippen molar-refractivity contribution in [2.45, 2.75) is 13.8 Å². The van der Waals surface area contributed by atoms with Crippen molar-refractivity contribution in [2.24, 2.45) is 0 Å². The topological polar surface area (TPSA) is 62.7 Å². The lowest BCUT2D eigenvalue weighted by molar-refractivity contribution is 0.628. The van der Waals surface area contributed by atoms with Crippen LogP contribution in [0.1, 0.15) is 16.7 Å². The van der Waals surface area contributed by atoms with Gasteiger partial charge in [-0.3, -0.25) is 0 Å². The number of nitriles is 1. The van der Waals surface area contributed by atoms with Gasteiger partial charge in [0.1, 0.15) is 23.3 Å². The molecular formula is C20H16FN3. The van der Waals surface area contributed by atoms with Crippen molar-refractivity contribution in [1.82, 2.24) is 4.98 Å². The largest absolute Gasteiger partial charge is 0.383 e. The molecule has 0 saturated carbocycles. The Morgan fingerprint density at radius 3 is 2.38 bits per heavy atom. The summed E-state index contributed by atoms with van der Waals surface area (Å²) in [5.41, 5.74) is 11.4. The molecular weight excluding hydrogens is 301 g/mol. The van der Waals surface area contributed by atoms with Crippen LogP contribution >= 0.6 is 0 Å². The van der Waals surface area contributed by atoms with Gasteiger partial charge in [0, 0.05) is 11.1 Å². The lowest BCUT2D eigenvalue weighted by atomic mass is 9.92. The molecule has 1 heterocycles. The van der Waals surface area contributed by atoms with E-state index in [0.717, 1.165) is 27.8 Å². The highest BCUT2D eigenvalue weighted by atomic mass is 19.1. The number of rotatable bonds is 2. The van der Waals surface area contributed by atoms with Crippen LogP contribution in [0.2, 0.25) is 0 Å². The van der Waals surface area contributed by atoms with Gasteiger partial charge < -0.3 is 5.73 Å². The summed E-state index contributed by atoms with van der Waals surface area (Å²) in [5.74, 6) is -0.129. The monoisotopic (exact) mass is 317 g/mol. The van der Waals surface area contributed by atoms with Crippen LogP contribution in [0, 0.1) is 31.0 Å². The molecule has 3 aromatic rings. The van der Waals surface area contributed by atoms with Crippen molar-refractivity contribution in [2.75, 3.05) is 5.73 Å². The Morgan fingerprint density at radius 1 is 1.04 bits per heavy atom. The molecule has 24 heavy (non-hydrogen) atoms. The predicted molar refractivity (Wildman–Crippen MR) is 93.7 cm³/mol. The summed E-state index contributed by atoms with van der Waals surface area (Å²) < 4.78 is 13.2. The molecule has 0 spiro atoms. The summed E-state index contributed by atoms with van der Waals surface area (Å²) in [5, 5.41) is 9.53. The normalized spacial score (nSPS) is 10.4. The van der Waals surface area contributed by atoms with Gasteiger partial charge in [-0.2, -0.15) is 5.26 Å². The molecule has 3 rings (SSSR count). The average Bonchev–Trinajstić information content (AvgIpc) is 2.57. The van der Waals surface area contributed by atoms with Gasteiger partial charge in [0.05, 0.1) is 5.69 Å². The third-order valence-electron chi connectivity index (χ3n) is 4.00. The Bertz CT molecular complexity index is 954. The zero-order valence-electron chi connectivity index (χ0n) is 13.5. The van der Waals surface area contributed by atoms with Crippen LogP contribution in [0.4, 0.5) is 10.2 Å². The first-order valence-corrected chi connectivity index (χ1v) is 7.54. The fourth-order valence-corrected chi connectivity index (χ4v) is 2.86. The Hall–Kier alpha value is -3.19. The average molecular weight is 317 g/mol. The number of pyridine rings is 1. The molecule has 0 bridgehead atoms. The zero-order valence-corrected chi connectivity index (χ0v) is 13.5. The number of anilines is 1. The quantitative estimate of drug-likeness (QED) is 0.750. The van der Waals surface area contributed by atoms with Gasteiger partial charge >= 0.3 is 0 Å². The van der Waals surface area contributed by atoms with Gasteiger partial charge in [-0.15, -0.1) is 0 Å². The third-order valence-corrected chi connectivity index (χ3v) is 4.00. The predicted octanol–water partition coefficient (Wildman–Crippen LogP) is 4.63. The summed E-state index contributed by atoms with van der Waals surface area (Å²) in [6, 6.07) is 16.2. The molecule has 0 aliphatic carbocycles. The van der Waals surface area contributed by atoms with Crippen LogP contribution in [0.25, 0.3) is 22.4 Å². The lowest BCUT2D eigenvalue weighted by Crippen LogP contribution is -2.03. The van der Waals surface area contributed by atoms with E-state index in [0.29, 0.717) is 11.3 Å². The maximum absolute atomic E-state index is 13.2. The summed E-state index contributed by atoms with van der Waals surface area (Å²) in [6.45, 7) is 3.90. The molecule has 0 saturated heterocycles. The van der Waals surface area contributed by atoms with E-state index in [1.807, 2.05) is 38.1 Å². The second-order valence-corrected chi connectivity index (χ2v) is 5.71. The minimum absolute atomic E-state index is 0.180. The third kappa shape index (κ3) is 2.72. The minimum Gasteiger partial charge on any atom is -0.383 e. The van der Waals surface area contributed by atoms with E-state index < -0.39 is 0 Å². The molecule has 0 atom stereocenters. The summed E-state index contributed by atoms with van der Waals surface area (Å²) >= 11 is 0. The number of halogens is 1. The van der Waals surface area contributed by atoms with Crippen LogP contribution in [-0.4, -0.2) is 4.98 Å². The van der Waals surface area contributed by atoms with Gasteiger partial charge in [0.25, 0.3) is 0 Å². The van der Waals surface area contributed by atoms with E-state index in [1.165, 1.54) is 12.1 Å². The number of nitrogens with two attached hydrogens (primary N) is 1. The Labute approximate surface area is 140 Å². The van der Waals surface area contributed by atoms with Crippen molar-refractivity contribution in [1.29, 1.82) is 5.26 Å². The molecule has 1 aromatic heterocycles. The summed E-state index contributed by atoms with van der Waals surface area (Å²) in [4.78, 5) is 4.38. The fraction of sp³-hybridized carbons (Fsp3) is 0.100. The van der Waals surface area contributed by atoms with E-state index in [9.17, 15) is 9.65 Å². The number of benzene rings is 2. The molecule has 3 nitrogen and oxygen atoms in total. The molecule has 4 heteroatoms. The van der Waals surface area contributed by atoms with Crippen LogP contribution in [0.15, 0.2) is 48.5 Å². The van der Waals surface area contributed by atoms with Crippen molar-refractivity contribution >= 4 is 5.82 Å². The maximum atomic E-state index is 13.2. The second-order valence-electron chi connectivity index (χ2n) is 5.71. The molecule has 118 valence electrons. The van der Waals surface area contributed by atoms with Crippen LogP contribution < -0.4 is 5.73 Å². The van der Waals surface area contributed by atoms with E-state index >= 15 is 0 Å². The number of aromatic nitrogens is 1. The molecule has 0 radical (unpaired) electrons. The van der Waals surface area contributed by atoms with Gasteiger partial charge in [-0.05, 0) is 49.2 Å². The molecule has 2 aromatic carbocycles. The molecule has 0 unspecified atom stereocenters. The van der Waals surface area contributed by atoms with Gasteiger partial charge in [0.15, 0.2) is 0 Å². The molecule has 0 aliphatic heterocycles. The van der Waals surface area contributed by atoms with E-state index in [-0.39, 0.29) is 11.6 Å². The molecule has 0 aliphatic rings. The first-order chi connectivity index (χ1) is 11.5. The van der Waals surface area contributed by atoms with Crippen molar-refractivity contribution in [3.63, 3.8) is 0 Å². The van der Waals surface area contributed by atoms with E-state index in [2.05, 4.69) is 11.1 Å². The Balaban J connectivity index is 2.32. The lowest BCUT2D eigenvalue weighted by Gasteiger charge is -2.15. The summed E-state index contributed by atoms with van der Waals surface area (Å²) in [6.07, 6.45) is 0. The molecule has 0 amide bonds. The van der Waals surface area contributed by atoms with Gasteiger partial charge in [-0.25, -0.2) is 9.37 Å². The van der Waals surface area contributed by atoms with Crippen molar-refractivity contribution in [3.8, 4) is 28.5 Å². The van der Waals surface area contributed by atoms with Crippen LogP contribution in [0.5, 0.6) is 0 Å². The van der Waals surface area contributed by atoms with Crippen molar-refractivity contribution < 1.29 is 4.39 Å². The zero-order chi connectivity index (χ0) is 17.3. The highest BCUT2D eigenvalue weighted by Gasteiger charge is 2.18. The number of nitrogen functional groups attached to an aromatic ring is 1. The first-order valence-electron chi connectivity index (χ1n) is 7.54. The highest BCUT2D eigenvalue weighted by molar-refractivity contribution is 5.84. The first kappa shape index (κ1) is 15.7. The number of aryl methyl sites for hydroxylation is 1. The Kier molecular flexibility index (Phi) is 4.01. The van der Waals surface area contributed by atoms with Gasteiger partial charge in [-0.1, -0.05) is 29.8 Å². The highest BCUT2D eigenvalue weighted by Crippen LogP contribution is 2.35. The SMILES string of the molecule is Cc1cccc(-c2c(C)c(-c3ccc(F)cc3)nc(N)c2C#N)c1. The second kappa shape index (κ2) is 6.13. The van der Waals surface area contributed by atoms with Crippen molar-refractivity contribution in [3.05, 3.63) is 71.0 Å². The molecule has 2 N–H and O–H groups in total. The smallest absolute Gasteiger partial charge is 0.142 e. The number of hydrogen-bond donors (Lipinski definition) is 1. The van der Waals surface area contributed by atoms with Crippen LogP contribution in [0.3, 0.4) is 0 Å². The maximum Gasteiger partial charge on any atom is 0.142 e. The Morgan fingerprint density at radius 2 is 1.75 bits per heavy atom. The summed E-state index contributed by atoms with van der Waals surface area (Å²) in [7, 11) is 0. The number of nitrogens with zero attached hydrogens (tertiary/aromatic N) is 2. The molecule has 0 fully saturated rings. The van der Waals surface area contributed by atoms with E-state index in [4.69, 9.17) is 5.73 Å².